The second-order valence-electron chi connectivity index (χ2n) is 4.96. The number of rotatable bonds is 9. The Morgan fingerprint density at radius 2 is 1.76 bits per heavy atom. The van der Waals surface area contributed by atoms with E-state index in [9.17, 15) is 14.4 Å². The predicted molar refractivity (Wildman–Crippen MR) is 75.0 cm³/mol. The van der Waals surface area contributed by atoms with Crippen LogP contribution < -0.4 is 0 Å². The zero-order chi connectivity index (χ0) is 16.5. The van der Waals surface area contributed by atoms with Crippen molar-refractivity contribution in [3.8, 4) is 6.07 Å². The molecule has 6 nitrogen and oxygen atoms in total. The van der Waals surface area contributed by atoms with Crippen LogP contribution in [0.15, 0.2) is 0 Å². The Balaban J connectivity index is 5.21. The number of hydrogen-bond acceptors (Lipinski definition) is 6. The van der Waals surface area contributed by atoms with Gasteiger partial charge in [0, 0.05) is 6.42 Å². The van der Waals surface area contributed by atoms with Gasteiger partial charge in [0.05, 0.1) is 25.2 Å². The molecule has 0 fully saturated rings. The van der Waals surface area contributed by atoms with E-state index in [1.807, 2.05) is 6.07 Å². The Kier molecular flexibility index (Phi) is 8.29. The Labute approximate surface area is 125 Å². The third kappa shape index (κ3) is 5.54. The fourth-order valence-corrected chi connectivity index (χ4v) is 1.96. The summed E-state index contributed by atoms with van der Waals surface area (Å²) in [6.07, 6.45) is 0.388. The first kappa shape index (κ1) is 19.1. The summed E-state index contributed by atoms with van der Waals surface area (Å²) in [5.74, 6) is -2.19. The van der Waals surface area contributed by atoms with E-state index in [-0.39, 0.29) is 38.3 Å². The lowest BCUT2D eigenvalue weighted by Crippen LogP contribution is -2.40. The Bertz CT molecular complexity index is 426. The topological polar surface area (TPSA) is 93.5 Å². The molecular weight excluding hydrogens is 274 g/mol. The van der Waals surface area contributed by atoms with E-state index < -0.39 is 23.3 Å². The Morgan fingerprint density at radius 3 is 2.19 bits per heavy atom. The third-order valence-electron chi connectivity index (χ3n) is 3.38. The molecule has 0 amide bonds. The Morgan fingerprint density at radius 1 is 1.19 bits per heavy atom. The van der Waals surface area contributed by atoms with Gasteiger partial charge in [0.15, 0.2) is 0 Å². The maximum Gasteiger partial charge on any atom is 0.319 e. The minimum atomic E-state index is -1.40. The Hall–Kier alpha value is -1.90. The zero-order valence-electron chi connectivity index (χ0n) is 13.1. The maximum atomic E-state index is 12.0. The van der Waals surface area contributed by atoms with Crippen LogP contribution in [-0.4, -0.2) is 30.9 Å². The summed E-state index contributed by atoms with van der Waals surface area (Å²) in [6.45, 7) is 6.45. The van der Waals surface area contributed by atoms with E-state index in [0.717, 1.165) is 0 Å². The lowest BCUT2D eigenvalue weighted by atomic mass is 9.76. The third-order valence-corrected chi connectivity index (χ3v) is 3.38. The van der Waals surface area contributed by atoms with Crippen molar-refractivity contribution >= 4 is 17.7 Å². The first-order chi connectivity index (χ1) is 9.83. The highest BCUT2D eigenvalue weighted by Gasteiger charge is 2.43. The minimum Gasteiger partial charge on any atom is -0.466 e. The van der Waals surface area contributed by atoms with Crippen molar-refractivity contribution in [2.24, 2.45) is 11.3 Å². The van der Waals surface area contributed by atoms with Crippen LogP contribution in [0.1, 0.15) is 47.0 Å². The van der Waals surface area contributed by atoms with Crippen molar-refractivity contribution in [3.63, 3.8) is 0 Å². The van der Waals surface area contributed by atoms with E-state index >= 15 is 0 Å². The van der Waals surface area contributed by atoms with Crippen molar-refractivity contribution in [2.45, 2.75) is 47.0 Å². The molecule has 2 atom stereocenters. The number of ether oxygens (including phenoxy) is 2. The highest BCUT2D eigenvalue weighted by Crippen LogP contribution is 2.32. The quantitative estimate of drug-likeness (QED) is 0.477. The maximum absolute atomic E-state index is 12.0. The molecule has 0 aromatic rings. The van der Waals surface area contributed by atoms with Crippen molar-refractivity contribution in [1.82, 2.24) is 0 Å². The van der Waals surface area contributed by atoms with Crippen LogP contribution >= 0.6 is 0 Å². The summed E-state index contributed by atoms with van der Waals surface area (Å²) in [5, 5.41) is 8.67. The average Bonchev–Trinajstić information content (AvgIpc) is 2.43. The fourth-order valence-electron chi connectivity index (χ4n) is 1.96. The van der Waals surface area contributed by atoms with E-state index in [1.54, 1.807) is 13.8 Å². The standard InChI is InChI=1S/C15H23NO5/c1-5-20-13(18)12(8-7-9-16)10-15(4,11(3)17)14(19)21-6-2/h12H,5-8,10H2,1-4H3. The number of hydrogen-bond donors (Lipinski definition) is 0. The monoisotopic (exact) mass is 297 g/mol. The van der Waals surface area contributed by atoms with Crippen LogP contribution in [0.5, 0.6) is 0 Å². The molecule has 0 aliphatic rings. The molecule has 0 spiro atoms. The van der Waals surface area contributed by atoms with Crippen molar-refractivity contribution in [3.05, 3.63) is 0 Å². The molecule has 0 saturated heterocycles. The van der Waals surface area contributed by atoms with Gasteiger partial charge in [-0.05, 0) is 40.5 Å². The van der Waals surface area contributed by atoms with Crippen molar-refractivity contribution < 1.29 is 23.9 Å². The zero-order valence-corrected chi connectivity index (χ0v) is 13.1. The van der Waals surface area contributed by atoms with E-state index in [1.165, 1.54) is 13.8 Å². The fraction of sp³-hybridized carbons (Fsp3) is 0.733. The summed E-state index contributed by atoms with van der Waals surface area (Å²) in [4.78, 5) is 35.8. The number of ketones is 1. The number of Topliss-reactive ketones (excluding diaryl/α,β-unsaturated/α-hetero) is 1. The van der Waals surface area contributed by atoms with Gasteiger partial charge in [-0.1, -0.05) is 0 Å². The molecule has 0 aliphatic heterocycles. The molecule has 118 valence electrons. The summed E-state index contributed by atoms with van der Waals surface area (Å²) in [5.41, 5.74) is -1.40. The van der Waals surface area contributed by atoms with Gasteiger partial charge in [0.1, 0.15) is 11.2 Å². The van der Waals surface area contributed by atoms with Crippen LogP contribution in [0.4, 0.5) is 0 Å². The molecule has 0 aromatic carbocycles. The van der Waals surface area contributed by atoms with Gasteiger partial charge in [0.25, 0.3) is 0 Å². The molecule has 0 N–H and O–H groups in total. The van der Waals surface area contributed by atoms with Crippen molar-refractivity contribution in [1.29, 1.82) is 5.26 Å². The van der Waals surface area contributed by atoms with Gasteiger partial charge in [-0.3, -0.25) is 14.4 Å². The van der Waals surface area contributed by atoms with E-state index in [4.69, 9.17) is 14.7 Å². The number of carbonyl (C=O) groups excluding carboxylic acids is 3. The van der Waals surface area contributed by atoms with Gasteiger partial charge >= 0.3 is 11.9 Å². The number of carbonyl (C=O) groups is 3. The molecule has 0 aromatic heterocycles. The molecule has 0 saturated carbocycles. The SMILES string of the molecule is CCOC(=O)C(CCC#N)CC(C)(C(C)=O)C(=O)OCC. The lowest BCUT2D eigenvalue weighted by molar-refractivity contribution is -0.161. The van der Waals surface area contributed by atoms with Crippen LogP contribution in [0, 0.1) is 22.7 Å². The van der Waals surface area contributed by atoms with Crippen LogP contribution in [0.3, 0.4) is 0 Å². The second kappa shape index (κ2) is 9.11. The molecule has 2 unspecified atom stereocenters. The van der Waals surface area contributed by atoms with Gasteiger partial charge in [-0.25, -0.2) is 0 Å². The number of nitrogens with zero attached hydrogens (tertiary/aromatic N) is 1. The lowest BCUT2D eigenvalue weighted by Gasteiger charge is -2.27. The normalized spacial score (nSPS) is 14.4. The highest BCUT2D eigenvalue weighted by atomic mass is 16.5. The van der Waals surface area contributed by atoms with E-state index in [2.05, 4.69) is 0 Å². The molecular formula is C15H23NO5. The molecule has 0 bridgehead atoms. The molecule has 6 heteroatoms. The van der Waals surface area contributed by atoms with Crippen LogP contribution in [0.25, 0.3) is 0 Å². The van der Waals surface area contributed by atoms with Gasteiger partial charge < -0.3 is 9.47 Å². The molecule has 0 heterocycles. The number of nitriles is 1. The summed E-state index contributed by atoms with van der Waals surface area (Å²) >= 11 is 0. The summed E-state index contributed by atoms with van der Waals surface area (Å²) in [7, 11) is 0. The van der Waals surface area contributed by atoms with Crippen molar-refractivity contribution in [2.75, 3.05) is 13.2 Å². The first-order valence-corrected chi connectivity index (χ1v) is 7.05. The second-order valence-corrected chi connectivity index (χ2v) is 4.96. The predicted octanol–water partition coefficient (Wildman–Crippen LogP) is 2.02. The summed E-state index contributed by atoms with van der Waals surface area (Å²) in [6, 6.07) is 1.96. The number of esters is 2. The minimum absolute atomic E-state index is 0.0122. The van der Waals surface area contributed by atoms with E-state index in [0.29, 0.717) is 0 Å². The van der Waals surface area contributed by atoms with Crippen LogP contribution in [-0.2, 0) is 23.9 Å². The average molecular weight is 297 g/mol. The highest BCUT2D eigenvalue weighted by molar-refractivity contribution is 6.02. The molecule has 21 heavy (non-hydrogen) atoms. The molecule has 0 aliphatic carbocycles. The van der Waals surface area contributed by atoms with Gasteiger partial charge in [-0.15, -0.1) is 0 Å². The van der Waals surface area contributed by atoms with Gasteiger partial charge in [-0.2, -0.15) is 5.26 Å². The summed E-state index contributed by atoms with van der Waals surface area (Å²) < 4.78 is 9.89. The molecule has 0 radical (unpaired) electrons. The molecule has 0 rings (SSSR count). The largest absolute Gasteiger partial charge is 0.466 e. The van der Waals surface area contributed by atoms with Crippen LogP contribution in [0.2, 0.25) is 0 Å². The first-order valence-electron chi connectivity index (χ1n) is 7.05. The smallest absolute Gasteiger partial charge is 0.319 e. The van der Waals surface area contributed by atoms with Gasteiger partial charge in [0.2, 0.25) is 0 Å².